The van der Waals surface area contributed by atoms with Crippen LogP contribution in [0.3, 0.4) is 0 Å². The van der Waals surface area contributed by atoms with Crippen molar-refractivity contribution in [1.29, 1.82) is 0 Å². The molecule has 3 heteroatoms. The van der Waals surface area contributed by atoms with Gasteiger partial charge in [-0.1, -0.05) is 44.2 Å². The summed E-state index contributed by atoms with van der Waals surface area (Å²) >= 11 is 0. The number of benzene rings is 1. The third kappa shape index (κ3) is 3.19. The van der Waals surface area contributed by atoms with Crippen molar-refractivity contribution < 1.29 is 9.59 Å². The number of hydrogen-bond donors (Lipinski definition) is 1. The van der Waals surface area contributed by atoms with Gasteiger partial charge in [-0.05, 0) is 5.56 Å². The molecular formula is C13H17NO2. The van der Waals surface area contributed by atoms with Crippen LogP contribution >= 0.6 is 0 Å². The summed E-state index contributed by atoms with van der Waals surface area (Å²) in [7, 11) is 0. The highest BCUT2D eigenvalue weighted by atomic mass is 16.2. The molecule has 1 aromatic rings. The molecule has 0 aromatic heterocycles. The van der Waals surface area contributed by atoms with E-state index in [-0.39, 0.29) is 17.6 Å². The Bertz CT molecular complexity index is 371. The van der Waals surface area contributed by atoms with Gasteiger partial charge in [0.15, 0.2) is 5.78 Å². The molecule has 1 N–H and O–H groups in total. The molecule has 0 saturated carbocycles. The largest absolute Gasteiger partial charge is 0.342 e. The zero-order valence-electron chi connectivity index (χ0n) is 9.86. The monoisotopic (exact) mass is 219 g/mol. The highest BCUT2D eigenvalue weighted by Gasteiger charge is 2.23. The van der Waals surface area contributed by atoms with Crippen LogP contribution in [-0.2, 0) is 9.59 Å². The Morgan fingerprint density at radius 3 is 2.12 bits per heavy atom. The van der Waals surface area contributed by atoms with Gasteiger partial charge in [-0.2, -0.15) is 0 Å². The van der Waals surface area contributed by atoms with Crippen molar-refractivity contribution >= 4 is 11.7 Å². The molecule has 0 heterocycles. The molecule has 0 saturated heterocycles. The summed E-state index contributed by atoms with van der Waals surface area (Å²) in [5, 5.41) is 2.69. The summed E-state index contributed by atoms with van der Waals surface area (Å²) in [4.78, 5) is 23.1. The lowest BCUT2D eigenvalue weighted by molar-refractivity contribution is -0.128. The van der Waals surface area contributed by atoms with Crippen LogP contribution < -0.4 is 5.32 Å². The van der Waals surface area contributed by atoms with Crippen LogP contribution in [0, 0.1) is 5.92 Å². The van der Waals surface area contributed by atoms with Crippen LogP contribution in [0.25, 0.3) is 0 Å². The summed E-state index contributed by atoms with van der Waals surface area (Å²) < 4.78 is 0. The van der Waals surface area contributed by atoms with Crippen LogP contribution in [-0.4, -0.2) is 11.7 Å². The highest BCUT2D eigenvalue weighted by Crippen LogP contribution is 2.17. The lowest BCUT2D eigenvalue weighted by atomic mass is 9.95. The van der Waals surface area contributed by atoms with E-state index in [1.165, 1.54) is 6.92 Å². The lowest BCUT2D eigenvalue weighted by Gasteiger charge is -2.19. The Kier molecular flexibility index (Phi) is 4.23. The first-order chi connectivity index (χ1) is 7.52. The molecule has 1 amide bonds. The van der Waals surface area contributed by atoms with Gasteiger partial charge >= 0.3 is 0 Å². The second kappa shape index (κ2) is 5.45. The van der Waals surface area contributed by atoms with Crippen LogP contribution in [0.4, 0.5) is 0 Å². The van der Waals surface area contributed by atoms with E-state index in [0.717, 1.165) is 5.56 Å². The van der Waals surface area contributed by atoms with Crippen molar-refractivity contribution in [1.82, 2.24) is 5.32 Å². The van der Waals surface area contributed by atoms with Crippen molar-refractivity contribution in [2.75, 3.05) is 0 Å². The molecule has 0 bridgehead atoms. The van der Waals surface area contributed by atoms with Crippen molar-refractivity contribution in [2.24, 2.45) is 5.92 Å². The Morgan fingerprint density at radius 2 is 1.69 bits per heavy atom. The molecule has 0 fully saturated rings. The van der Waals surface area contributed by atoms with Gasteiger partial charge < -0.3 is 5.32 Å². The first-order valence-corrected chi connectivity index (χ1v) is 5.38. The fourth-order valence-electron chi connectivity index (χ4n) is 1.50. The fraction of sp³-hybridized carbons (Fsp3) is 0.385. The summed E-state index contributed by atoms with van der Waals surface area (Å²) in [6.07, 6.45) is 0. The summed E-state index contributed by atoms with van der Waals surface area (Å²) in [6, 6.07) is 8.77. The summed E-state index contributed by atoms with van der Waals surface area (Å²) in [6.45, 7) is 5.09. The first-order valence-electron chi connectivity index (χ1n) is 5.38. The van der Waals surface area contributed by atoms with E-state index in [0.29, 0.717) is 0 Å². The number of nitrogens with one attached hydrogen (secondary N) is 1. The van der Waals surface area contributed by atoms with Crippen molar-refractivity contribution in [3.8, 4) is 0 Å². The topological polar surface area (TPSA) is 46.2 Å². The zero-order chi connectivity index (χ0) is 12.1. The number of carbonyl (C=O) groups excluding carboxylic acids is 2. The molecule has 16 heavy (non-hydrogen) atoms. The van der Waals surface area contributed by atoms with Gasteiger partial charge in [-0.15, -0.1) is 0 Å². The van der Waals surface area contributed by atoms with E-state index >= 15 is 0 Å². The summed E-state index contributed by atoms with van der Waals surface area (Å²) in [5.41, 5.74) is 0.830. The van der Waals surface area contributed by atoms with E-state index in [2.05, 4.69) is 5.32 Å². The fourth-order valence-corrected chi connectivity index (χ4v) is 1.50. The van der Waals surface area contributed by atoms with Gasteiger partial charge in [-0.3, -0.25) is 9.59 Å². The predicted molar refractivity (Wildman–Crippen MR) is 62.8 cm³/mol. The van der Waals surface area contributed by atoms with E-state index in [9.17, 15) is 9.59 Å². The van der Waals surface area contributed by atoms with Crippen LogP contribution in [0.15, 0.2) is 30.3 Å². The molecule has 3 nitrogen and oxygen atoms in total. The van der Waals surface area contributed by atoms with Gasteiger partial charge in [-0.25, -0.2) is 0 Å². The number of ketones is 1. The second-order valence-corrected chi connectivity index (χ2v) is 4.10. The third-order valence-corrected chi connectivity index (χ3v) is 2.33. The van der Waals surface area contributed by atoms with Gasteiger partial charge in [0.2, 0.25) is 5.91 Å². The number of amides is 1. The molecule has 0 radical (unpaired) electrons. The SMILES string of the molecule is CC(=O)N[C@@H](C(=O)C(C)C)c1ccccc1. The Hall–Kier alpha value is -1.64. The number of hydrogen-bond acceptors (Lipinski definition) is 2. The molecular weight excluding hydrogens is 202 g/mol. The number of carbonyl (C=O) groups is 2. The molecule has 0 aliphatic carbocycles. The van der Waals surface area contributed by atoms with E-state index in [4.69, 9.17) is 0 Å². The average Bonchev–Trinajstić information content (AvgIpc) is 2.26. The van der Waals surface area contributed by atoms with Crippen LogP contribution in [0.5, 0.6) is 0 Å². The third-order valence-electron chi connectivity index (χ3n) is 2.33. The minimum absolute atomic E-state index is 0.0291. The van der Waals surface area contributed by atoms with E-state index in [1.54, 1.807) is 0 Å². The first kappa shape index (κ1) is 12.4. The maximum absolute atomic E-state index is 12.0. The number of Topliss-reactive ketones (excluding diaryl/α,β-unsaturated/α-hetero) is 1. The van der Waals surface area contributed by atoms with Crippen molar-refractivity contribution in [2.45, 2.75) is 26.8 Å². The van der Waals surface area contributed by atoms with E-state index < -0.39 is 6.04 Å². The minimum atomic E-state index is -0.529. The predicted octanol–water partition coefficient (Wildman–Crippen LogP) is 2.09. The minimum Gasteiger partial charge on any atom is -0.342 e. The molecule has 0 aliphatic heterocycles. The molecule has 1 aromatic carbocycles. The summed E-state index contributed by atoms with van der Waals surface area (Å²) in [5.74, 6) is -0.263. The lowest BCUT2D eigenvalue weighted by Crippen LogP contribution is -2.34. The maximum Gasteiger partial charge on any atom is 0.217 e. The van der Waals surface area contributed by atoms with Crippen LogP contribution in [0.1, 0.15) is 32.4 Å². The van der Waals surface area contributed by atoms with Crippen molar-refractivity contribution in [3.05, 3.63) is 35.9 Å². The average molecular weight is 219 g/mol. The second-order valence-electron chi connectivity index (χ2n) is 4.10. The Labute approximate surface area is 95.9 Å². The Morgan fingerprint density at radius 1 is 1.12 bits per heavy atom. The quantitative estimate of drug-likeness (QED) is 0.842. The van der Waals surface area contributed by atoms with Gasteiger partial charge in [0.25, 0.3) is 0 Å². The molecule has 1 atom stereocenters. The van der Waals surface area contributed by atoms with Gasteiger partial charge in [0, 0.05) is 12.8 Å². The molecule has 0 spiro atoms. The number of rotatable bonds is 4. The van der Waals surface area contributed by atoms with Gasteiger partial charge in [0.1, 0.15) is 6.04 Å². The normalized spacial score (nSPS) is 12.2. The van der Waals surface area contributed by atoms with Gasteiger partial charge in [0.05, 0.1) is 0 Å². The zero-order valence-corrected chi connectivity index (χ0v) is 9.86. The van der Waals surface area contributed by atoms with Crippen molar-refractivity contribution in [3.63, 3.8) is 0 Å². The van der Waals surface area contributed by atoms with E-state index in [1.807, 2.05) is 44.2 Å². The smallest absolute Gasteiger partial charge is 0.217 e. The molecule has 86 valence electrons. The molecule has 0 unspecified atom stereocenters. The molecule has 1 rings (SSSR count). The maximum atomic E-state index is 12.0. The highest BCUT2D eigenvalue weighted by molar-refractivity contribution is 5.90. The van der Waals surface area contributed by atoms with Crippen LogP contribution in [0.2, 0.25) is 0 Å². The Balaban J connectivity index is 2.96. The molecule has 0 aliphatic rings. The standard InChI is InChI=1S/C13H17NO2/c1-9(2)13(16)12(14-10(3)15)11-7-5-4-6-8-11/h4-9,12H,1-3H3,(H,14,15)/t12-/m1/s1.